The van der Waals surface area contributed by atoms with E-state index >= 15 is 0 Å². The summed E-state index contributed by atoms with van der Waals surface area (Å²) >= 11 is 1.56. The number of nitrogens with zero attached hydrogens (tertiary/aromatic N) is 1. The first-order valence-corrected chi connectivity index (χ1v) is 6.41. The van der Waals surface area contributed by atoms with E-state index in [2.05, 4.69) is 6.92 Å². The molecular weight excluding hydrogens is 212 g/mol. The van der Waals surface area contributed by atoms with Crippen molar-refractivity contribution >= 4 is 23.6 Å². The molecule has 1 unspecified atom stereocenters. The van der Waals surface area contributed by atoms with Crippen LogP contribution in [0.25, 0.3) is 0 Å². The SMILES string of the molecule is CC(CN)CSCC(=O)N1CCCC1=O. The second-order valence-electron chi connectivity index (χ2n) is 3.90. The van der Waals surface area contributed by atoms with Crippen LogP contribution in [0, 0.1) is 5.92 Å². The fourth-order valence-electron chi connectivity index (χ4n) is 1.41. The van der Waals surface area contributed by atoms with Crippen LogP contribution in [0.15, 0.2) is 0 Å². The Hall–Kier alpha value is -0.550. The largest absolute Gasteiger partial charge is 0.330 e. The molecule has 4 nitrogen and oxygen atoms in total. The molecule has 1 heterocycles. The van der Waals surface area contributed by atoms with Gasteiger partial charge in [0, 0.05) is 13.0 Å². The normalized spacial score (nSPS) is 18.3. The van der Waals surface area contributed by atoms with Crippen LogP contribution in [-0.2, 0) is 9.59 Å². The van der Waals surface area contributed by atoms with Gasteiger partial charge in [-0.2, -0.15) is 11.8 Å². The molecule has 0 spiro atoms. The van der Waals surface area contributed by atoms with E-state index in [1.807, 2.05) is 0 Å². The highest BCUT2D eigenvalue weighted by atomic mass is 32.2. The summed E-state index contributed by atoms with van der Waals surface area (Å²) in [4.78, 5) is 24.2. The zero-order chi connectivity index (χ0) is 11.3. The summed E-state index contributed by atoms with van der Waals surface area (Å²) in [6.45, 7) is 3.30. The molecule has 0 saturated carbocycles. The topological polar surface area (TPSA) is 63.4 Å². The Kier molecular flexibility index (Phi) is 5.11. The summed E-state index contributed by atoms with van der Waals surface area (Å²) in [6, 6.07) is 0. The highest BCUT2D eigenvalue weighted by Gasteiger charge is 2.25. The average Bonchev–Trinajstić information content (AvgIpc) is 2.64. The number of likely N-dealkylation sites (tertiary alicyclic amines) is 1. The molecule has 15 heavy (non-hydrogen) atoms. The van der Waals surface area contributed by atoms with E-state index in [9.17, 15) is 9.59 Å². The van der Waals surface area contributed by atoms with E-state index in [-0.39, 0.29) is 11.8 Å². The average molecular weight is 230 g/mol. The van der Waals surface area contributed by atoms with Gasteiger partial charge in [-0.3, -0.25) is 14.5 Å². The quantitative estimate of drug-likeness (QED) is 0.745. The molecule has 0 aromatic carbocycles. The minimum atomic E-state index is -0.0493. The molecular formula is C10H18N2O2S. The summed E-state index contributed by atoms with van der Waals surface area (Å²) < 4.78 is 0. The maximum atomic E-state index is 11.6. The van der Waals surface area contributed by atoms with Gasteiger partial charge in [0.25, 0.3) is 0 Å². The lowest BCUT2D eigenvalue weighted by atomic mass is 10.2. The zero-order valence-electron chi connectivity index (χ0n) is 9.07. The number of rotatable bonds is 5. The van der Waals surface area contributed by atoms with Crippen LogP contribution in [0.5, 0.6) is 0 Å². The van der Waals surface area contributed by atoms with E-state index in [1.54, 1.807) is 11.8 Å². The first-order valence-electron chi connectivity index (χ1n) is 5.26. The Morgan fingerprint density at radius 3 is 2.93 bits per heavy atom. The van der Waals surface area contributed by atoms with Crippen LogP contribution in [0.2, 0.25) is 0 Å². The van der Waals surface area contributed by atoms with Crippen molar-refractivity contribution in [2.45, 2.75) is 19.8 Å². The summed E-state index contributed by atoms with van der Waals surface area (Å²) in [7, 11) is 0. The van der Waals surface area contributed by atoms with Crippen LogP contribution in [0.4, 0.5) is 0 Å². The molecule has 0 aromatic heterocycles. The fraction of sp³-hybridized carbons (Fsp3) is 0.800. The number of thioether (sulfide) groups is 1. The predicted molar refractivity (Wildman–Crippen MR) is 61.5 cm³/mol. The van der Waals surface area contributed by atoms with Gasteiger partial charge in [-0.1, -0.05) is 6.92 Å². The molecule has 5 heteroatoms. The fourth-order valence-corrected chi connectivity index (χ4v) is 2.39. The number of imide groups is 1. The van der Waals surface area contributed by atoms with Gasteiger partial charge in [0.1, 0.15) is 0 Å². The van der Waals surface area contributed by atoms with Gasteiger partial charge >= 0.3 is 0 Å². The van der Waals surface area contributed by atoms with Gasteiger partial charge in [0.15, 0.2) is 0 Å². The van der Waals surface area contributed by atoms with Crippen LogP contribution >= 0.6 is 11.8 Å². The van der Waals surface area contributed by atoms with Crippen LogP contribution < -0.4 is 5.73 Å². The van der Waals surface area contributed by atoms with Crippen molar-refractivity contribution in [3.63, 3.8) is 0 Å². The second kappa shape index (κ2) is 6.12. The van der Waals surface area contributed by atoms with E-state index in [0.717, 1.165) is 12.2 Å². The monoisotopic (exact) mass is 230 g/mol. The van der Waals surface area contributed by atoms with E-state index in [1.165, 1.54) is 4.90 Å². The van der Waals surface area contributed by atoms with Gasteiger partial charge in [-0.05, 0) is 24.6 Å². The third-order valence-electron chi connectivity index (χ3n) is 2.40. The summed E-state index contributed by atoms with van der Waals surface area (Å²) in [5.41, 5.74) is 5.47. The first kappa shape index (κ1) is 12.5. The standard InChI is InChI=1S/C10H18N2O2S/c1-8(5-11)6-15-7-10(14)12-4-2-3-9(12)13/h8H,2-7,11H2,1H3. The summed E-state index contributed by atoms with van der Waals surface area (Å²) in [5.74, 6) is 1.64. The third-order valence-corrected chi connectivity index (χ3v) is 3.66. The maximum Gasteiger partial charge on any atom is 0.239 e. The van der Waals surface area contributed by atoms with E-state index in [4.69, 9.17) is 5.73 Å². The molecule has 0 radical (unpaired) electrons. The van der Waals surface area contributed by atoms with Crippen molar-refractivity contribution < 1.29 is 9.59 Å². The van der Waals surface area contributed by atoms with Crippen LogP contribution in [0.3, 0.4) is 0 Å². The van der Waals surface area contributed by atoms with Gasteiger partial charge in [-0.15, -0.1) is 0 Å². The van der Waals surface area contributed by atoms with E-state index in [0.29, 0.717) is 31.2 Å². The van der Waals surface area contributed by atoms with Crippen molar-refractivity contribution in [2.24, 2.45) is 11.7 Å². The molecule has 1 aliphatic rings. The predicted octanol–water partition coefficient (Wildman–Crippen LogP) is 0.463. The Morgan fingerprint density at radius 1 is 1.67 bits per heavy atom. The number of carbonyl (C=O) groups excluding carboxylic acids is 2. The number of amides is 2. The lowest BCUT2D eigenvalue weighted by molar-refractivity contribution is -0.140. The molecule has 2 N–H and O–H groups in total. The van der Waals surface area contributed by atoms with Gasteiger partial charge < -0.3 is 5.73 Å². The second-order valence-corrected chi connectivity index (χ2v) is 4.93. The molecule has 0 aliphatic carbocycles. The molecule has 86 valence electrons. The third kappa shape index (κ3) is 3.83. The van der Waals surface area contributed by atoms with Gasteiger partial charge in [0.2, 0.25) is 11.8 Å². The Bertz CT molecular complexity index is 246. The van der Waals surface area contributed by atoms with Crippen molar-refractivity contribution in [1.29, 1.82) is 0 Å². The first-order chi connectivity index (χ1) is 7.15. The molecule has 1 aliphatic heterocycles. The Morgan fingerprint density at radius 2 is 2.40 bits per heavy atom. The smallest absolute Gasteiger partial charge is 0.239 e. The van der Waals surface area contributed by atoms with Gasteiger partial charge in [-0.25, -0.2) is 0 Å². The van der Waals surface area contributed by atoms with Crippen LogP contribution in [-0.4, -0.2) is 41.3 Å². The van der Waals surface area contributed by atoms with E-state index < -0.39 is 0 Å². The minimum Gasteiger partial charge on any atom is -0.330 e. The molecule has 0 bridgehead atoms. The number of carbonyl (C=O) groups is 2. The van der Waals surface area contributed by atoms with Crippen molar-refractivity contribution in [3.8, 4) is 0 Å². The zero-order valence-corrected chi connectivity index (χ0v) is 9.89. The highest BCUT2D eigenvalue weighted by molar-refractivity contribution is 7.99. The maximum absolute atomic E-state index is 11.6. The Balaban J connectivity index is 2.21. The van der Waals surface area contributed by atoms with Crippen molar-refractivity contribution in [1.82, 2.24) is 4.90 Å². The molecule has 0 aromatic rings. The van der Waals surface area contributed by atoms with Crippen molar-refractivity contribution in [3.05, 3.63) is 0 Å². The molecule has 2 amide bonds. The molecule has 1 rings (SSSR count). The van der Waals surface area contributed by atoms with Gasteiger partial charge in [0.05, 0.1) is 5.75 Å². The lowest BCUT2D eigenvalue weighted by Crippen LogP contribution is -2.33. The lowest BCUT2D eigenvalue weighted by Gasteiger charge is -2.13. The Labute approximate surface area is 94.6 Å². The van der Waals surface area contributed by atoms with Crippen LogP contribution in [0.1, 0.15) is 19.8 Å². The number of hydrogen-bond donors (Lipinski definition) is 1. The highest BCUT2D eigenvalue weighted by Crippen LogP contribution is 2.13. The summed E-state index contributed by atoms with van der Waals surface area (Å²) in [6.07, 6.45) is 1.34. The number of hydrogen-bond acceptors (Lipinski definition) is 4. The molecule has 1 saturated heterocycles. The minimum absolute atomic E-state index is 0.0209. The molecule has 1 fully saturated rings. The van der Waals surface area contributed by atoms with Crippen molar-refractivity contribution in [2.75, 3.05) is 24.6 Å². The molecule has 1 atom stereocenters. The summed E-state index contributed by atoms with van der Waals surface area (Å²) in [5, 5.41) is 0. The number of nitrogens with two attached hydrogens (primary N) is 1.